The van der Waals surface area contributed by atoms with Crippen molar-refractivity contribution in [1.29, 1.82) is 0 Å². The Balaban J connectivity index is 0.00000225. The third-order valence-corrected chi connectivity index (χ3v) is 9.48. The topological polar surface area (TPSA) is 59.2 Å². The zero-order chi connectivity index (χ0) is 20.0. The SMILES string of the molecule is CCC1CC1(C)OC1(OC2(CC)CC2C)C(OC2C(C)C2(C)C)C1(C)CC.O. The molecule has 4 nitrogen and oxygen atoms in total. The Morgan fingerprint density at radius 2 is 1.46 bits per heavy atom. The molecule has 164 valence electrons. The first kappa shape index (κ1) is 22.5. The van der Waals surface area contributed by atoms with Gasteiger partial charge in [-0.25, -0.2) is 0 Å². The van der Waals surface area contributed by atoms with Crippen LogP contribution in [0.25, 0.3) is 0 Å². The van der Waals surface area contributed by atoms with Gasteiger partial charge in [0.15, 0.2) is 0 Å². The molecule has 4 aliphatic carbocycles. The summed E-state index contributed by atoms with van der Waals surface area (Å²) in [6.45, 7) is 20.7. The maximum Gasteiger partial charge on any atom is 0.204 e. The first-order chi connectivity index (χ1) is 12.5. The second-order valence-corrected chi connectivity index (χ2v) is 11.3. The van der Waals surface area contributed by atoms with Crippen LogP contribution in [0.5, 0.6) is 0 Å². The lowest BCUT2D eigenvalue weighted by Gasteiger charge is -2.32. The van der Waals surface area contributed by atoms with Gasteiger partial charge in [-0.05, 0) is 55.8 Å². The van der Waals surface area contributed by atoms with Gasteiger partial charge in [-0.3, -0.25) is 0 Å². The van der Waals surface area contributed by atoms with E-state index in [0.29, 0.717) is 23.9 Å². The quantitative estimate of drug-likeness (QED) is 0.508. The molecule has 0 aliphatic heterocycles. The third kappa shape index (κ3) is 2.85. The van der Waals surface area contributed by atoms with Crippen LogP contribution in [0.4, 0.5) is 0 Å². The first-order valence-corrected chi connectivity index (χ1v) is 11.5. The summed E-state index contributed by atoms with van der Waals surface area (Å²) in [6, 6.07) is 0. The second kappa shape index (κ2) is 6.42. The maximum atomic E-state index is 7.02. The molecule has 0 amide bonds. The van der Waals surface area contributed by atoms with Gasteiger partial charge in [0.1, 0.15) is 6.10 Å². The molecule has 0 saturated heterocycles. The fraction of sp³-hybridized carbons (Fsp3) is 1.00. The minimum atomic E-state index is -0.570. The summed E-state index contributed by atoms with van der Waals surface area (Å²) in [5.74, 6) is 1.32. The molecule has 9 unspecified atom stereocenters. The summed E-state index contributed by atoms with van der Waals surface area (Å²) in [6.07, 6.45) is 5.96. The summed E-state index contributed by atoms with van der Waals surface area (Å²) in [5, 5.41) is 0. The molecule has 2 N–H and O–H groups in total. The van der Waals surface area contributed by atoms with Crippen molar-refractivity contribution in [2.75, 3.05) is 0 Å². The largest absolute Gasteiger partial charge is 0.412 e. The normalized spacial score (nSPS) is 55.4. The lowest BCUT2D eigenvalue weighted by atomic mass is 10.0. The van der Waals surface area contributed by atoms with Gasteiger partial charge in [0.25, 0.3) is 0 Å². The summed E-state index contributed by atoms with van der Waals surface area (Å²) in [5.41, 5.74) is 0.167. The van der Waals surface area contributed by atoms with E-state index in [1.807, 2.05) is 0 Å². The number of hydrogen-bond acceptors (Lipinski definition) is 3. The molecule has 9 atom stereocenters. The summed E-state index contributed by atoms with van der Waals surface area (Å²) >= 11 is 0. The molecule has 4 rings (SSSR count). The van der Waals surface area contributed by atoms with Gasteiger partial charge in [-0.2, -0.15) is 0 Å². The van der Waals surface area contributed by atoms with Crippen LogP contribution in [-0.4, -0.2) is 34.7 Å². The molecule has 0 aromatic carbocycles. The van der Waals surface area contributed by atoms with E-state index in [1.54, 1.807) is 0 Å². The van der Waals surface area contributed by atoms with Crippen LogP contribution in [0.3, 0.4) is 0 Å². The van der Waals surface area contributed by atoms with E-state index >= 15 is 0 Å². The van der Waals surface area contributed by atoms with Crippen molar-refractivity contribution >= 4 is 0 Å². The molecule has 0 aromatic heterocycles. The van der Waals surface area contributed by atoms with Gasteiger partial charge in [-0.1, -0.05) is 61.8 Å². The molecule has 0 aromatic rings. The monoisotopic (exact) mass is 396 g/mol. The van der Waals surface area contributed by atoms with Crippen LogP contribution in [0.15, 0.2) is 0 Å². The van der Waals surface area contributed by atoms with Gasteiger partial charge in [0, 0.05) is 0 Å². The highest BCUT2D eigenvalue weighted by Gasteiger charge is 2.83. The Hall–Kier alpha value is -0.160. The fourth-order valence-electron chi connectivity index (χ4n) is 5.82. The van der Waals surface area contributed by atoms with Crippen molar-refractivity contribution < 1.29 is 19.7 Å². The van der Waals surface area contributed by atoms with Crippen molar-refractivity contribution in [2.24, 2.45) is 28.6 Å². The molecule has 0 bridgehead atoms. The minimum absolute atomic E-state index is 0. The van der Waals surface area contributed by atoms with Crippen LogP contribution in [-0.2, 0) is 14.2 Å². The van der Waals surface area contributed by atoms with Crippen LogP contribution < -0.4 is 0 Å². The Labute approximate surface area is 172 Å². The van der Waals surface area contributed by atoms with Gasteiger partial charge in [0.05, 0.1) is 22.7 Å². The highest BCUT2D eigenvalue weighted by molar-refractivity contribution is 5.25. The van der Waals surface area contributed by atoms with E-state index in [4.69, 9.17) is 14.2 Å². The van der Waals surface area contributed by atoms with Gasteiger partial charge in [0.2, 0.25) is 5.79 Å². The average molecular weight is 397 g/mol. The van der Waals surface area contributed by atoms with E-state index in [2.05, 4.69) is 62.3 Å². The number of ether oxygens (including phenoxy) is 3. The van der Waals surface area contributed by atoms with E-state index in [-0.39, 0.29) is 33.6 Å². The van der Waals surface area contributed by atoms with E-state index in [9.17, 15) is 0 Å². The number of rotatable bonds is 9. The zero-order valence-electron chi connectivity index (χ0n) is 19.6. The predicted octanol–water partition coefficient (Wildman–Crippen LogP) is 5.13. The van der Waals surface area contributed by atoms with Crippen molar-refractivity contribution in [1.82, 2.24) is 0 Å². The lowest BCUT2D eigenvalue weighted by molar-refractivity contribution is -0.267. The van der Waals surface area contributed by atoms with Crippen LogP contribution in [0.2, 0.25) is 0 Å². The van der Waals surface area contributed by atoms with Crippen molar-refractivity contribution in [2.45, 2.75) is 124 Å². The van der Waals surface area contributed by atoms with Gasteiger partial charge < -0.3 is 19.7 Å². The molecule has 4 saturated carbocycles. The lowest BCUT2D eigenvalue weighted by Crippen LogP contribution is -2.39. The molecule has 4 aliphatic rings. The standard InChI is InChI=1S/C24H42O3.H2O/c1-10-17-14-22(17,9)26-24(27-23(12-3)13-15(23)4)19(21(24,8)11-2)25-18-16(5)20(18,6)7;/h15-19H,10-14H2,1-9H3;1H2. The maximum absolute atomic E-state index is 7.02. The van der Waals surface area contributed by atoms with Crippen molar-refractivity contribution in [3.63, 3.8) is 0 Å². The average Bonchev–Trinajstić information content (AvgIpc) is 3.57. The zero-order valence-corrected chi connectivity index (χ0v) is 19.6. The smallest absolute Gasteiger partial charge is 0.204 e. The summed E-state index contributed by atoms with van der Waals surface area (Å²) in [4.78, 5) is 0. The Bertz CT molecular complexity index is 616. The molecular formula is C24H44O4. The van der Waals surface area contributed by atoms with Crippen LogP contribution in [0.1, 0.15) is 94.4 Å². The molecule has 0 spiro atoms. The van der Waals surface area contributed by atoms with E-state index in [0.717, 1.165) is 25.7 Å². The third-order valence-electron chi connectivity index (χ3n) is 9.48. The predicted molar refractivity (Wildman–Crippen MR) is 112 cm³/mol. The first-order valence-electron chi connectivity index (χ1n) is 11.5. The summed E-state index contributed by atoms with van der Waals surface area (Å²) in [7, 11) is 0. The minimum Gasteiger partial charge on any atom is -0.412 e. The van der Waals surface area contributed by atoms with Crippen LogP contribution >= 0.6 is 0 Å². The Kier molecular flexibility index (Phi) is 5.16. The Morgan fingerprint density at radius 1 is 0.893 bits per heavy atom. The van der Waals surface area contributed by atoms with Gasteiger partial charge in [-0.15, -0.1) is 0 Å². The molecule has 4 fully saturated rings. The van der Waals surface area contributed by atoms with Gasteiger partial charge >= 0.3 is 0 Å². The highest BCUT2D eigenvalue weighted by Crippen LogP contribution is 2.72. The van der Waals surface area contributed by atoms with Crippen molar-refractivity contribution in [3.05, 3.63) is 0 Å². The summed E-state index contributed by atoms with van der Waals surface area (Å²) < 4.78 is 20.8. The Morgan fingerprint density at radius 3 is 1.82 bits per heavy atom. The van der Waals surface area contributed by atoms with E-state index < -0.39 is 5.79 Å². The second-order valence-electron chi connectivity index (χ2n) is 11.3. The molecule has 28 heavy (non-hydrogen) atoms. The van der Waals surface area contributed by atoms with Crippen LogP contribution in [0, 0.1) is 28.6 Å². The molecule has 0 radical (unpaired) electrons. The van der Waals surface area contributed by atoms with E-state index in [1.165, 1.54) is 6.42 Å². The number of hydrogen-bond donors (Lipinski definition) is 0. The molecular weight excluding hydrogens is 352 g/mol. The highest BCUT2D eigenvalue weighted by atomic mass is 16.8. The molecule has 4 heteroatoms. The fourth-order valence-corrected chi connectivity index (χ4v) is 5.82. The molecule has 0 heterocycles. The van der Waals surface area contributed by atoms with Crippen molar-refractivity contribution in [3.8, 4) is 0 Å².